The third-order valence-corrected chi connectivity index (χ3v) is 12.3. The second kappa shape index (κ2) is 6.46. The van der Waals surface area contributed by atoms with Crippen LogP contribution in [0.25, 0.3) is 0 Å². The van der Waals surface area contributed by atoms with E-state index in [9.17, 15) is 5.11 Å². The molecule has 2 rings (SSSR count). The Morgan fingerprint density at radius 2 is 1.74 bits per heavy atom. The van der Waals surface area contributed by atoms with Crippen LogP contribution in [0.5, 0.6) is 0 Å². The summed E-state index contributed by atoms with van der Waals surface area (Å²) in [6, 6.07) is 0. The molecule has 0 spiro atoms. The van der Waals surface area contributed by atoms with Crippen molar-refractivity contribution in [2.75, 3.05) is 0 Å². The van der Waals surface area contributed by atoms with Gasteiger partial charge in [0.2, 0.25) is 0 Å². The minimum absolute atomic E-state index is 0.197. The summed E-state index contributed by atoms with van der Waals surface area (Å²) in [5, 5.41) is 10.4. The van der Waals surface area contributed by atoms with Crippen LogP contribution in [-0.4, -0.2) is 25.6 Å². The van der Waals surface area contributed by atoms with Gasteiger partial charge in [-0.2, -0.15) is 0 Å². The van der Waals surface area contributed by atoms with Gasteiger partial charge in [-0.25, -0.2) is 0 Å². The van der Waals surface area contributed by atoms with E-state index in [1.165, 1.54) is 32.1 Å². The lowest BCUT2D eigenvalue weighted by Gasteiger charge is -2.50. The molecule has 0 heterocycles. The Hall–Kier alpha value is 0.137. The van der Waals surface area contributed by atoms with Crippen molar-refractivity contribution < 1.29 is 9.53 Å². The summed E-state index contributed by atoms with van der Waals surface area (Å²) in [4.78, 5) is 0. The summed E-state index contributed by atoms with van der Waals surface area (Å²) >= 11 is 0. The monoisotopic (exact) mass is 340 g/mol. The highest BCUT2D eigenvalue weighted by Gasteiger charge is 2.54. The lowest BCUT2D eigenvalue weighted by Crippen LogP contribution is -2.50. The van der Waals surface area contributed by atoms with Gasteiger partial charge in [-0.05, 0) is 73.9 Å². The highest BCUT2D eigenvalue weighted by atomic mass is 28.4. The summed E-state index contributed by atoms with van der Waals surface area (Å²) in [5.74, 6) is 1.74. The van der Waals surface area contributed by atoms with Crippen molar-refractivity contribution in [3.05, 3.63) is 0 Å². The van der Waals surface area contributed by atoms with E-state index in [2.05, 4.69) is 47.7 Å². The average molecular weight is 341 g/mol. The standard InChI is InChI=1S/C20H40O2Si/c1-14(15(2)21)16-11-12-17-18(10-9-13-20(16,17)6)22-23(7,8)19(3,4)5/h14-18,21H,9-13H2,1-8H3/t14-,15?,16?,17?,18+,20-/m1/s1. The van der Waals surface area contributed by atoms with Crippen LogP contribution in [0, 0.1) is 23.2 Å². The Morgan fingerprint density at radius 1 is 1.13 bits per heavy atom. The summed E-state index contributed by atoms with van der Waals surface area (Å²) in [6.45, 7) is 18.5. The lowest BCUT2D eigenvalue weighted by molar-refractivity contribution is -0.0363. The zero-order valence-corrected chi connectivity index (χ0v) is 17.8. The maximum Gasteiger partial charge on any atom is 0.192 e. The molecule has 0 bridgehead atoms. The smallest absolute Gasteiger partial charge is 0.192 e. The first-order valence-electron chi connectivity index (χ1n) is 9.76. The minimum atomic E-state index is -1.71. The highest BCUT2D eigenvalue weighted by Crippen LogP contribution is 2.59. The SMILES string of the molecule is CC(O)[C@@H](C)C1CCC2[C@@H](O[Si](C)(C)C(C)(C)C)CCC[C@]12C. The molecule has 0 saturated heterocycles. The average Bonchev–Trinajstić information content (AvgIpc) is 2.74. The predicted octanol–water partition coefficient (Wildman–Crippen LogP) is 5.61. The van der Waals surface area contributed by atoms with Gasteiger partial charge in [0.1, 0.15) is 0 Å². The molecule has 3 heteroatoms. The molecule has 0 aromatic carbocycles. The Bertz CT molecular complexity index is 412. The van der Waals surface area contributed by atoms with Crippen LogP contribution in [0.2, 0.25) is 18.1 Å². The van der Waals surface area contributed by atoms with Crippen LogP contribution in [0.4, 0.5) is 0 Å². The fourth-order valence-corrected chi connectivity index (χ4v) is 6.45. The highest BCUT2D eigenvalue weighted by molar-refractivity contribution is 6.74. The van der Waals surface area contributed by atoms with Crippen LogP contribution in [0.1, 0.15) is 73.6 Å². The fourth-order valence-electron chi connectivity index (χ4n) is 5.06. The molecule has 0 aromatic rings. The van der Waals surface area contributed by atoms with E-state index >= 15 is 0 Å². The van der Waals surface area contributed by atoms with E-state index in [1.54, 1.807) is 0 Å². The van der Waals surface area contributed by atoms with E-state index < -0.39 is 8.32 Å². The Morgan fingerprint density at radius 3 is 2.26 bits per heavy atom. The summed E-state index contributed by atoms with van der Waals surface area (Å²) in [5.41, 5.74) is 0.363. The molecule has 2 aliphatic rings. The number of fused-ring (bicyclic) bond motifs is 1. The van der Waals surface area contributed by atoms with Gasteiger partial charge in [-0.15, -0.1) is 0 Å². The predicted molar refractivity (Wildman–Crippen MR) is 101 cm³/mol. The van der Waals surface area contributed by atoms with Gasteiger partial charge in [-0.3, -0.25) is 0 Å². The van der Waals surface area contributed by atoms with E-state index in [0.29, 0.717) is 29.3 Å². The van der Waals surface area contributed by atoms with Crippen molar-refractivity contribution in [2.45, 2.75) is 104 Å². The number of aliphatic hydroxyl groups excluding tert-OH is 1. The zero-order chi connectivity index (χ0) is 17.6. The molecule has 2 aliphatic carbocycles. The van der Waals surface area contributed by atoms with Crippen molar-refractivity contribution in [3.8, 4) is 0 Å². The normalized spacial score (nSPS) is 38.2. The van der Waals surface area contributed by atoms with Crippen molar-refractivity contribution in [2.24, 2.45) is 23.2 Å². The number of rotatable bonds is 4. The molecule has 3 unspecified atom stereocenters. The quantitative estimate of drug-likeness (QED) is 0.674. The molecule has 0 aliphatic heterocycles. The zero-order valence-electron chi connectivity index (χ0n) is 16.8. The molecule has 136 valence electrons. The lowest BCUT2D eigenvalue weighted by atomic mass is 9.61. The first kappa shape index (κ1) is 19.5. The van der Waals surface area contributed by atoms with E-state index in [0.717, 1.165) is 0 Å². The topological polar surface area (TPSA) is 29.5 Å². The van der Waals surface area contributed by atoms with Crippen molar-refractivity contribution >= 4 is 8.32 Å². The number of aliphatic hydroxyl groups is 1. The molecule has 0 radical (unpaired) electrons. The Labute approximate surface area is 145 Å². The third kappa shape index (κ3) is 3.57. The summed E-state index contributed by atoms with van der Waals surface area (Å²) in [7, 11) is -1.71. The summed E-state index contributed by atoms with van der Waals surface area (Å²) < 4.78 is 6.89. The number of hydrogen-bond donors (Lipinski definition) is 1. The molecule has 6 atom stereocenters. The third-order valence-electron chi connectivity index (χ3n) is 7.78. The van der Waals surface area contributed by atoms with Crippen LogP contribution < -0.4 is 0 Å². The van der Waals surface area contributed by atoms with Gasteiger partial charge in [0, 0.05) is 6.10 Å². The maximum atomic E-state index is 10.1. The van der Waals surface area contributed by atoms with Crippen molar-refractivity contribution in [3.63, 3.8) is 0 Å². The second-order valence-electron chi connectivity index (χ2n) is 10.2. The van der Waals surface area contributed by atoms with Gasteiger partial charge >= 0.3 is 0 Å². The van der Waals surface area contributed by atoms with Gasteiger partial charge in [-0.1, -0.05) is 41.0 Å². The molecule has 2 saturated carbocycles. The van der Waals surface area contributed by atoms with E-state index in [-0.39, 0.29) is 11.1 Å². The Balaban J connectivity index is 2.18. The molecule has 2 nitrogen and oxygen atoms in total. The Kier molecular flexibility index (Phi) is 5.46. The maximum absolute atomic E-state index is 10.1. The molecule has 0 amide bonds. The first-order valence-corrected chi connectivity index (χ1v) is 12.7. The van der Waals surface area contributed by atoms with Gasteiger partial charge < -0.3 is 9.53 Å². The first-order chi connectivity index (χ1) is 10.4. The van der Waals surface area contributed by atoms with Gasteiger partial charge in [0.25, 0.3) is 0 Å². The van der Waals surface area contributed by atoms with E-state index in [4.69, 9.17) is 4.43 Å². The molecular weight excluding hydrogens is 300 g/mol. The molecule has 2 fully saturated rings. The van der Waals surface area contributed by atoms with Gasteiger partial charge in [0.05, 0.1) is 6.10 Å². The minimum Gasteiger partial charge on any atom is -0.414 e. The van der Waals surface area contributed by atoms with Crippen LogP contribution in [0.15, 0.2) is 0 Å². The van der Waals surface area contributed by atoms with Crippen LogP contribution in [0.3, 0.4) is 0 Å². The fraction of sp³-hybridized carbons (Fsp3) is 1.00. The number of hydrogen-bond acceptors (Lipinski definition) is 2. The van der Waals surface area contributed by atoms with Crippen LogP contribution in [-0.2, 0) is 4.43 Å². The van der Waals surface area contributed by atoms with Gasteiger partial charge in [0.15, 0.2) is 8.32 Å². The molecular formula is C20H40O2Si. The van der Waals surface area contributed by atoms with Crippen molar-refractivity contribution in [1.29, 1.82) is 0 Å². The largest absolute Gasteiger partial charge is 0.414 e. The molecule has 1 N–H and O–H groups in total. The second-order valence-corrected chi connectivity index (χ2v) is 15.0. The molecule has 23 heavy (non-hydrogen) atoms. The van der Waals surface area contributed by atoms with Crippen molar-refractivity contribution in [1.82, 2.24) is 0 Å². The van der Waals surface area contributed by atoms with E-state index in [1.807, 2.05) is 6.92 Å². The van der Waals surface area contributed by atoms with Crippen LogP contribution >= 0.6 is 0 Å². The molecule has 0 aromatic heterocycles. The summed E-state index contributed by atoms with van der Waals surface area (Å²) in [6.07, 6.45) is 6.65.